The number of nitrogens with two attached hydrogens (primary N) is 1. The Balaban J connectivity index is 2.27. The molecule has 2 N–H and O–H groups in total. The summed E-state index contributed by atoms with van der Waals surface area (Å²) in [6, 6.07) is 11.4. The Morgan fingerprint density at radius 3 is 2.60 bits per heavy atom. The van der Waals surface area contributed by atoms with Crippen LogP contribution in [-0.2, 0) is 6.42 Å². The van der Waals surface area contributed by atoms with E-state index in [4.69, 9.17) is 22.1 Å². The van der Waals surface area contributed by atoms with Crippen molar-refractivity contribution in [2.75, 3.05) is 7.11 Å². The van der Waals surface area contributed by atoms with Crippen LogP contribution >= 0.6 is 43.5 Å². The normalized spacial score (nSPS) is 12.2. The summed E-state index contributed by atoms with van der Waals surface area (Å²) in [5.41, 5.74) is 8.40. The van der Waals surface area contributed by atoms with E-state index in [0.29, 0.717) is 11.4 Å². The van der Waals surface area contributed by atoms with Gasteiger partial charge in [0, 0.05) is 20.0 Å². The average molecular weight is 420 g/mol. The van der Waals surface area contributed by atoms with Gasteiger partial charge in [-0.1, -0.05) is 49.5 Å². The van der Waals surface area contributed by atoms with Crippen molar-refractivity contribution >= 4 is 43.5 Å². The summed E-state index contributed by atoms with van der Waals surface area (Å²) >= 11 is 12.9. The summed E-state index contributed by atoms with van der Waals surface area (Å²) in [7, 11) is 1.66. The second kappa shape index (κ2) is 6.94. The van der Waals surface area contributed by atoms with Crippen LogP contribution in [0, 0.1) is 0 Å². The number of halogens is 3. The predicted octanol–water partition coefficient (Wildman–Crippen LogP) is 5.12. The first-order chi connectivity index (χ1) is 9.51. The Hall–Kier alpha value is -0.550. The van der Waals surface area contributed by atoms with E-state index in [9.17, 15) is 0 Å². The van der Waals surface area contributed by atoms with Crippen molar-refractivity contribution in [3.63, 3.8) is 0 Å². The molecular formula is C15H14Br2ClNO. The highest BCUT2D eigenvalue weighted by Gasteiger charge is 2.14. The van der Waals surface area contributed by atoms with Crippen LogP contribution in [0.4, 0.5) is 0 Å². The zero-order chi connectivity index (χ0) is 14.7. The van der Waals surface area contributed by atoms with Crippen LogP contribution in [0.15, 0.2) is 45.3 Å². The number of hydrogen-bond donors (Lipinski definition) is 1. The van der Waals surface area contributed by atoms with Crippen molar-refractivity contribution < 1.29 is 4.74 Å². The van der Waals surface area contributed by atoms with Gasteiger partial charge < -0.3 is 10.5 Å². The summed E-state index contributed by atoms with van der Waals surface area (Å²) in [5, 5.41) is 0.688. The Bertz CT molecular complexity index is 619. The fourth-order valence-corrected chi connectivity index (χ4v) is 3.44. The second-order valence-electron chi connectivity index (χ2n) is 4.43. The third-order valence-electron chi connectivity index (χ3n) is 3.04. The molecule has 2 aromatic carbocycles. The zero-order valence-electron chi connectivity index (χ0n) is 10.9. The fraction of sp³-hybridized carbons (Fsp3) is 0.200. The SMILES string of the molecule is COc1ccc(Br)cc1CC(N)c1ccc(Cl)cc1Br. The van der Waals surface area contributed by atoms with Crippen molar-refractivity contribution in [1.29, 1.82) is 0 Å². The third-order valence-corrected chi connectivity index (χ3v) is 4.46. The number of ether oxygens (including phenoxy) is 1. The van der Waals surface area contributed by atoms with Gasteiger partial charge in [0.15, 0.2) is 0 Å². The lowest BCUT2D eigenvalue weighted by molar-refractivity contribution is 0.408. The van der Waals surface area contributed by atoms with Gasteiger partial charge in [-0.05, 0) is 47.9 Å². The van der Waals surface area contributed by atoms with Gasteiger partial charge in [-0.3, -0.25) is 0 Å². The number of rotatable bonds is 4. The molecule has 0 fully saturated rings. The van der Waals surface area contributed by atoms with Gasteiger partial charge in [0.2, 0.25) is 0 Å². The first-order valence-electron chi connectivity index (χ1n) is 6.04. The van der Waals surface area contributed by atoms with Gasteiger partial charge in [0.05, 0.1) is 7.11 Å². The highest BCUT2D eigenvalue weighted by Crippen LogP contribution is 2.31. The summed E-state index contributed by atoms with van der Waals surface area (Å²) in [6.45, 7) is 0. The maximum atomic E-state index is 6.31. The molecule has 2 rings (SSSR count). The van der Waals surface area contributed by atoms with Gasteiger partial charge in [-0.25, -0.2) is 0 Å². The summed E-state index contributed by atoms with van der Waals surface area (Å²) in [4.78, 5) is 0. The number of hydrogen-bond acceptors (Lipinski definition) is 2. The highest BCUT2D eigenvalue weighted by molar-refractivity contribution is 9.10. The second-order valence-corrected chi connectivity index (χ2v) is 6.64. The van der Waals surface area contributed by atoms with Gasteiger partial charge in [-0.2, -0.15) is 0 Å². The molecule has 2 aromatic rings. The van der Waals surface area contributed by atoms with E-state index >= 15 is 0 Å². The Labute approximate surface area is 140 Å². The molecule has 1 atom stereocenters. The highest BCUT2D eigenvalue weighted by atomic mass is 79.9. The average Bonchev–Trinajstić information content (AvgIpc) is 2.38. The maximum absolute atomic E-state index is 6.31. The number of benzene rings is 2. The molecule has 0 aliphatic carbocycles. The first kappa shape index (κ1) is 15.8. The molecule has 0 amide bonds. The molecule has 2 nitrogen and oxygen atoms in total. The van der Waals surface area contributed by atoms with E-state index in [0.717, 1.165) is 25.8 Å². The molecular weight excluding hydrogens is 405 g/mol. The van der Waals surface area contributed by atoms with E-state index in [1.165, 1.54) is 0 Å². The molecule has 0 saturated heterocycles. The Morgan fingerprint density at radius 1 is 1.20 bits per heavy atom. The standard InChI is InChI=1S/C15H14Br2ClNO/c1-20-15-5-2-10(16)6-9(15)7-14(19)12-4-3-11(18)8-13(12)17/h2-6,8,14H,7,19H2,1H3. The maximum Gasteiger partial charge on any atom is 0.122 e. The topological polar surface area (TPSA) is 35.2 Å². The van der Waals surface area contributed by atoms with Crippen LogP contribution < -0.4 is 10.5 Å². The van der Waals surface area contributed by atoms with Gasteiger partial charge in [0.25, 0.3) is 0 Å². The molecule has 106 valence electrons. The molecule has 0 heterocycles. The van der Waals surface area contributed by atoms with E-state index in [2.05, 4.69) is 31.9 Å². The Morgan fingerprint density at radius 2 is 1.95 bits per heavy atom. The number of methoxy groups -OCH3 is 1. The monoisotopic (exact) mass is 417 g/mol. The van der Waals surface area contributed by atoms with E-state index in [1.807, 2.05) is 36.4 Å². The van der Waals surface area contributed by atoms with Crippen LogP contribution in [0.2, 0.25) is 5.02 Å². The van der Waals surface area contributed by atoms with Crippen molar-refractivity contribution in [2.24, 2.45) is 5.73 Å². The van der Waals surface area contributed by atoms with Crippen LogP contribution in [0.5, 0.6) is 5.75 Å². The molecule has 0 bridgehead atoms. The van der Waals surface area contributed by atoms with Crippen molar-refractivity contribution in [3.8, 4) is 5.75 Å². The van der Waals surface area contributed by atoms with Crippen molar-refractivity contribution in [2.45, 2.75) is 12.5 Å². The van der Waals surface area contributed by atoms with E-state index in [1.54, 1.807) is 7.11 Å². The quantitative estimate of drug-likeness (QED) is 0.747. The van der Waals surface area contributed by atoms with E-state index < -0.39 is 0 Å². The van der Waals surface area contributed by atoms with Crippen LogP contribution in [0.1, 0.15) is 17.2 Å². The minimum atomic E-state index is -0.134. The summed E-state index contributed by atoms with van der Waals surface area (Å²) < 4.78 is 7.31. The molecule has 0 aliphatic heterocycles. The summed E-state index contributed by atoms with van der Waals surface area (Å²) in [5.74, 6) is 0.841. The van der Waals surface area contributed by atoms with Gasteiger partial charge >= 0.3 is 0 Å². The molecule has 0 radical (unpaired) electrons. The Kier molecular flexibility index (Phi) is 5.49. The lowest BCUT2D eigenvalue weighted by Crippen LogP contribution is -2.14. The fourth-order valence-electron chi connectivity index (χ4n) is 2.06. The lowest BCUT2D eigenvalue weighted by atomic mass is 9.99. The first-order valence-corrected chi connectivity index (χ1v) is 8.00. The molecule has 1 unspecified atom stereocenters. The molecule has 0 spiro atoms. The molecule has 20 heavy (non-hydrogen) atoms. The van der Waals surface area contributed by atoms with Crippen LogP contribution in [0.3, 0.4) is 0 Å². The zero-order valence-corrected chi connectivity index (χ0v) is 14.8. The van der Waals surface area contributed by atoms with E-state index in [-0.39, 0.29) is 6.04 Å². The van der Waals surface area contributed by atoms with Crippen LogP contribution in [-0.4, -0.2) is 7.11 Å². The molecule has 0 saturated carbocycles. The van der Waals surface area contributed by atoms with Gasteiger partial charge in [-0.15, -0.1) is 0 Å². The van der Waals surface area contributed by atoms with Crippen molar-refractivity contribution in [3.05, 3.63) is 61.5 Å². The molecule has 5 heteroatoms. The summed E-state index contributed by atoms with van der Waals surface area (Å²) in [6.07, 6.45) is 0.683. The largest absolute Gasteiger partial charge is 0.496 e. The third kappa shape index (κ3) is 3.76. The lowest BCUT2D eigenvalue weighted by Gasteiger charge is -2.16. The van der Waals surface area contributed by atoms with Crippen molar-refractivity contribution in [1.82, 2.24) is 0 Å². The smallest absolute Gasteiger partial charge is 0.122 e. The molecule has 0 aliphatic rings. The predicted molar refractivity (Wildman–Crippen MR) is 90.5 cm³/mol. The van der Waals surface area contributed by atoms with Crippen LogP contribution in [0.25, 0.3) is 0 Å². The minimum absolute atomic E-state index is 0.134. The van der Waals surface area contributed by atoms with Gasteiger partial charge in [0.1, 0.15) is 5.75 Å². The molecule has 0 aromatic heterocycles. The minimum Gasteiger partial charge on any atom is -0.496 e.